The van der Waals surface area contributed by atoms with Gasteiger partial charge in [0.1, 0.15) is 0 Å². The molecule has 1 aromatic heterocycles. The van der Waals surface area contributed by atoms with E-state index in [-0.39, 0.29) is 0 Å². The number of hydrogen-bond acceptors (Lipinski definition) is 3. The molecule has 0 saturated carbocycles. The van der Waals surface area contributed by atoms with E-state index in [1.807, 2.05) is 24.3 Å². The Bertz CT molecular complexity index is 911. The van der Waals surface area contributed by atoms with Gasteiger partial charge in [0.2, 0.25) is 0 Å². The van der Waals surface area contributed by atoms with E-state index in [1.54, 1.807) is 11.6 Å². The molecule has 2 aromatic carbocycles. The minimum absolute atomic E-state index is 0.538. The molecule has 1 heterocycles. The molecule has 134 valence electrons. The van der Waals surface area contributed by atoms with Crippen LogP contribution in [0, 0.1) is 0 Å². The molecule has 0 fully saturated rings. The number of hydroxylamine groups is 1. The normalized spacial score (nSPS) is 11.3. The van der Waals surface area contributed by atoms with E-state index >= 15 is 0 Å². The van der Waals surface area contributed by atoms with Crippen LogP contribution in [0.3, 0.4) is 0 Å². The standard InChI is InChI=1S/C21H23N3O2/c1-24-14-12-19-4-2-3-18(21(19)24)11-13-22-15-17-7-5-16(6-8-17)9-10-20(25)23-26/h2-10,12,14,22,26H,11,13,15H2,1H3,(H,23,25)/b10-9+. The van der Waals surface area contributed by atoms with Crippen LogP contribution in [0.15, 0.2) is 60.8 Å². The second kappa shape index (κ2) is 8.47. The molecule has 5 heteroatoms. The summed E-state index contributed by atoms with van der Waals surface area (Å²) < 4.78 is 2.17. The quantitative estimate of drug-likeness (QED) is 0.266. The van der Waals surface area contributed by atoms with E-state index in [1.165, 1.54) is 28.1 Å². The molecule has 26 heavy (non-hydrogen) atoms. The Kier molecular flexibility index (Phi) is 5.84. The van der Waals surface area contributed by atoms with Crippen molar-refractivity contribution in [3.8, 4) is 0 Å². The van der Waals surface area contributed by atoms with Gasteiger partial charge >= 0.3 is 0 Å². The molecule has 5 nitrogen and oxygen atoms in total. The van der Waals surface area contributed by atoms with Crippen molar-refractivity contribution in [2.24, 2.45) is 7.05 Å². The lowest BCUT2D eigenvalue weighted by atomic mass is 10.1. The first-order valence-electron chi connectivity index (χ1n) is 8.62. The summed E-state index contributed by atoms with van der Waals surface area (Å²) in [5.41, 5.74) is 6.32. The number of aromatic nitrogens is 1. The molecule has 0 radical (unpaired) electrons. The average molecular weight is 349 g/mol. The zero-order valence-corrected chi connectivity index (χ0v) is 14.8. The highest BCUT2D eigenvalue weighted by Crippen LogP contribution is 2.19. The SMILES string of the molecule is Cn1ccc2cccc(CCNCc3ccc(/C=C/C(=O)NO)cc3)c21. The van der Waals surface area contributed by atoms with Gasteiger partial charge in [0, 0.05) is 25.9 Å². The fourth-order valence-electron chi connectivity index (χ4n) is 3.06. The third-order valence-corrected chi connectivity index (χ3v) is 4.40. The van der Waals surface area contributed by atoms with Gasteiger partial charge in [0.05, 0.1) is 5.52 Å². The lowest BCUT2D eigenvalue weighted by Gasteiger charge is -2.08. The number of rotatable bonds is 7. The van der Waals surface area contributed by atoms with E-state index in [9.17, 15) is 4.79 Å². The number of benzene rings is 2. The minimum atomic E-state index is -0.538. The maximum absolute atomic E-state index is 11.0. The second-order valence-corrected chi connectivity index (χ2v) is 6.26. The van der Waals surface area contributed by atoms with Crippen molar-refractivity contribution in [2.45, 2.75) is 13.0 Å². The van der Waals surface area contributed by atoms with Gasteiger partial charge < -0.3 is 9.88 Å². The number of aryl methyl sites for hydroxylation is 1. The summed E-state index contributed by atoms with van der Waals surface area (Å²) in [6, 6.07) is 16.5. The van der Waals surface area contributed by atoms with Crippen LogP contribution in [0.25, 0.3) is 17.0 Å². The van der Waals surface area contributed by atoms with E-state index < -0.39 is 5.91 Å². The lowest BCUT2D eigenvalue weighted by molar-refractivity contribution is -0.124. The van der Waals surface area contributed by atoms with Gasteiger partial charge in [-0.15, -0.1) is 0 Å². The van der Waals surface area contributed by atoms with Crippen LogP contribution < -0.4 is 10.8 Å². The molecule has 3 rings (SSSR count). The number of amides is 1. The largest absolute Gasteiger partial charge is 0.350 e. The third-order valence-electron chi connectivity index (χ3n) is 4.40. The van der Waals surface area contributed by atoms with Gasteiger partial charge in [-0.2, -0.15) is 0 Å². The van der Waals surface area contributed by atoms with Gasteiger partial charge in [-0.1, -0.05) is 42.5 Å². The van der Waals surface area contributed by atoms with E-state index in [0.717, 1.165) is 25.1 Å². The maximum Gasteiger partial charge on any atom is 0.267 e. The molecule has 0 bridgehead atoms. The minimum Gasteiger partial charge on any atom is -0.350 e. The monoisotopic (exact) mass is 349 g/mol. The number of carbonyl (C=O) groups is 1. The Morgan fingerprint density at radius 3 is 2.73 bits per heavy atom. The Balaban J connectivity index is 1.51. The molecule has 0 aliphatic rings. The first-order chi connectivity index (χ1) is 12.7. The summed E-state index contributed by atoms with van der Waals surface area (Å²) >= 11 is 0. The summed E-state index contributed by atoms with van der Waals surface area (Å²) in [5, 5.41) is 13.2. The molecule has 3 N–H and O–H groups in total. The van der Waals surface area contributed by atoms with Crippen molar-refractivity contribution >= 4 is 22.9 Å². The van der Waals surface area contributed by atoms with Crippen LogP contribution >= 0.6 is 0 Å². The van der Waals surface area contributed by atoms with E-state index in [0.29, 0.717) is 0 Å². The zero-order valence-electron chi connectivity index (χ0n) is 14.8. The van der Waals surface area contributed by atoms with Crippen LogP contribution in [0.4, 0.5) is 0 Å². The molecule has 0 atom stereocenters. The summed E-state index contributed by atoms with van der Waals surface area (Å²) in [7, 11) is 2.08. The van der Waals surface area contributed by atoms with Crippen molar-refractivity contribution in [1.82, 2.24) is 15.4 Å². The van der Waals surface area contributed by atoms with Crippen molar-refractivity contribution in [2.75, 3.05) is 6.54 Å². The van der Waals surface area contributed by atoms with Gasteiger partial charge in [-0.3, -0.25) is 10.0 Å². The van der Waals surface area contributed by atoms with E-state index in [2.05, 4.69) is 47.4 Å². The van der Waals surface area contributed by atoms with Gasteiger partial charge in [-0.25, -0.2) is 5.48 Å². The summed E-state index contributed by atoms with van der Waals surface area (Å²) in [5.74, 6) is -0.538. The number of carbonyl (C=O) groups excluding carboxylic acids is 1. The predicted molar refractivity (Wildman–Crippen MR) is 104 cm³/mol. The topological polar surface area (TPSA) is 66.3 Å². The molecular formula is C21H23N3O2. The van der Waals surface area contributed by atoms with Crippen molar-refractivity contribution in [1.29, 1.82) is 0 Å². The fourth-order valence-corrected chi connectivity index (χ4v) is 3.06. The highest BCUT2D eigenvalue weighted by Gasteiger charge is 2.04. The zero-order chi connectivity index (χ0) is 18.4. The van der Waals surface area contributed by atoms with Gasteiger partial charge in [0.25, 0.3) is 5.91 Å². The van der Waals surface area contributed by atoms with Crippen molar-refractivity contribution < 1.29 is 10.0 Å². The molecule has 3 aromatic rings. The number of hydrogen-bond donors (Lipinski definition) is 3. The third kappa shape index (κ3) is 4.39. The molecule has 0 spiro atoms. The van der Waals surface area contributed by atoms with Crippen LogP contribution in [0.1, 0.15) is 16.7 Å². The number of nitrogens with zero attached hydrogens (tertiary/aromatic N) is 1. The molecule has 0 aliphatic carbocycles. The van der Waals surface area contributed by atoms with Crippen molar-refractivity contribution in [3.63, 3.8) is 0 Å². The average Bonchev–Trinajstić information content (AvgIpc) is 3.06. The van der Waals surface area contributed by atoms with Crippen LogP contribution in [-0.2, 0) is 24.8 Å². The second-order valence-electron chi connectivity index (χ2n) is 6.26. The van der Waals surface area contributed by atoms with Crippen LogP contribution in [0.2, 0.25) is 0 Å². The summed E-state index contributed by atoms with van der Waals surface area (Å²) in [6.07, 6.45) is 6.02. The van der Waals surface area contributed by atoms with Crippen LogP contribution in [-0.4, -0.2) is 22.2 Å². The Morgan fingerprint density at radius 2 is 1.96 bits per heavy atom. The first-order valence-corrected chi connectivity index (χ1v) is 8.62. The Labute approximate surface area is 152 Å². The smallest absolute Gasteiger partial charge is 0.267 e. The summed E-state index contributed by atoms with van der Waals surface area (Å²) in [6.45, 7) is 1.70. The number of fused-ring (bicyclic) bond motifs is 1. The van der Waals surface area contributed by atoms with Gasteiger partial charge in [-0.05, 0) is 47.2 Å². The van der Waals surface area contributed by atoms with Gasteiger partial charge in [0.15, 0.2) is 0 Å². The highest BCUT2D eigenvalue weighted by atomic mass is 16.5. The number of nitrogens with one attached hydrogen (secondary N) is 2. The maximum atomic E-state index is 11.0. The molecule has 0 aliphatic heterocycles. The molecule has 0 saturated heterocycles. The van der Waals surface area contributed by atoms with Crippen molar-refractivity contribution in [3.05, 3.63) is 77.5 Å². The molecule has 1 amide bonds. The Morgan fingerprint density at radius 1 is 1.15 bits per heavy atom. The number of para-hydroxylation sites is 1. The predicted octanol–water partition coefficient (Wildman–Crippen LogP) is 3.03. The summed E-state index contributed by atoms with van der Waals surface area (Å²) in [4.78, 5) is 11.0. The Hall–Kier alpha value is -2.89. The molecular weight excluding hydrogens is 326 g/mol. The fraction of sp³-hybridized carbons (Fsp3) is 0.190. The van der Waals surface area contributed by atoms with E-state index in [4.69, 9.17) is 5.21 Å². The highest BCUT2D eigenvalue weighted by molar-refractivity contribution is 5.90. The van der Waals surface area contributed by atoms with Crippen LogP contribution in [0.5, 0.6) is 0 Å². The lowest BCUT2D eigenvalue weighted by Crippen LogP contribution is -2.17. The first kappa shape index (κ1) is 17.9. The molecule has 0 unspecified atom stereocenters.